The van der Waals surface area contributed by atoms with Crippen LogP contribution in [0.2, 0.25) is 0 Å². The summed E-state index contributed by atoms with van der Waals surface area (Å²) in [5.41, 5.74) is 5.35. The second-order valence-corrected chi connectivity index (χ2v) is 14.9. The van der Waals surface area contributed by atoms with E-state index in [1.807, 2.05) is 6.08 Å². The van der Waals surface area contributed by atoms with Gasteiger partial charge >= 0.3 is 7.82 Å². The van der Waals surface area contributed by atoms with Crippen LogP contribution < -0.4 is 11.1 Å². The summed E-state index contributed by atoms with van der Waals surface area (Å²) in [4.78, 5) is 22.6. The molecule has 0 heterocycles. The lowest BCUT2D eigenvalue weighted by Gasteiger charge is -2.23. The smallest absolute Gasteiger partial charge is 0.387 e. The van der Waals surface area contributed by atoms with E-state index in [1.165, 1.54) is 70.6 Å². The van der Waals surface area contributed by atoms with Gasteiger partial charge in [0.2, 0.25) is 5.91 Å². The molecule has 0 spiro atoms. The highest BCUT2D eigenvalue weighted by atomic mass is 31.2. The number of phosphoric ester groups is 1. The predicted molar refractivity (Wildman–Crippen MR) is 221 cm³/mol. The summed E-state index contributed by atoms with van der Waals surface area (Å²) in [5.74, 6) is -0.215. The normalized spacial score (nSPS) is 14.9. The molecule has 0 rings (SSSR count). The van der Waals surface area contributed by atoms with Gasteiger partial charge in [-0.05, 0) is 70.6 Å². The molecule has 5 N–H and O–H groups in total. The highest BCUT2D eigenvalue weighted by Gasteiger charge is 2.26. The number of aliphatic hydroxyl groups is 1. The largest absolute Gasteiger partial charge is 0.472 e. The van der Waals surface area contributed by atoms with Crippen molar-refractivity contribution in [2.45, 2.75) is 174 Å². The van der Waals surface area contributed by atoms with E-state index >= 15 is 0 Å². The average molecular weight is 749 g/mol. The van der Waals surface area contributed by atoms with Crippen LogP contribution in [0.3, 0.4) is 0 Å². The van der Waals surface area contributed by atoms with Gasteiger partial charge in [-0.3, -0.25) is 13.8 Å². The molecule has 300 valence electrons. The third-order valence-corrected chi connectivity index (χ3v) is 9.50. The summed E-state index contributed by atoms with van der Waals surface area (Å²) in [7, 11) is -4.34. The first kappa shape index (κ1) is 49.9. The molecule has 0 aromatic rings. The Morgan fingerprint density at radius 1 is 0.654 bits per heavy atom. The first-order chi connectivity index (χ1) is 25.4. The lowest BCUT2D eigenvalue weighted by atomic mass is 10.0. The number of nitrogens with two attached hydrogens (primary N) is 1. The van der Waals surface area contributed by atoms with Crippen molar-refractivity contribution < 1.29 is 28.4 Å². The Kier molecular flexibility index (Phi) is 37.1. The molecule has 1 amide bonds. The molecule has 9 heteroatoms. The second kappa shape index (κ2) is 38.7. The van der Waals surface area contributed by atoms with Crippen LogP contribution in [0.1, 0.15) is 162 Å². The van der Waals surface area contributed by atoms with Gasteiger partial charge in [0, 0.05) is 13.0 Å². The first-order valence-corrected chi connectivity index (χ1v) is 22.1. The fourth-order valence-corrected chi connectivity index (χ4v) is 6.19. The van der Waals surface area contributed by atoms with Crippen molar-refractivity contribution in [3.63, 3.8) is 0 Å². The van der Waals surface area contributed by atoms with E-state index in [2.05, 4.69) is 79.9 Å². The zero-order chi connectivity index (χ0) is 38.2. The molecule has 0 aromatic heterocycles. The van der Waals surface area contributed by atoms with Gasteiger partial charge < -0.3 is 21.1 Å². The van der Waals surface area contributed by atoms with Gasteiger partial charge in [-0.1, -0.05) is 157 Å². The number of hydrogen-bond donors (Lipinski definition) is 4. The molecule has 0 saturated heterocycles. The summed E-state index contributed by atoms with van der Waals surface area (Å²) in [5, 5.41) is 13.6. The van der Waals surface area contributed by atoms with E-state index in [0.29, 0.717) is 6.42 Å². The highest BCUT2D eigenvalue weighted by Crippen LogP contribution is 2.43. The van der Waals surface area contributed by atoms with Gasteiger partial charge in [0.25, 0.3) is 0 Å². The van der Waals surface area contributed by atoms with Gasteiger partial charge in [-0.2, -0.15) is 0 Å². The van der Waals surface area contributed by atoms with Crippen molar-refractivity contribution >= 4 is 13.7 Å². The molecule has 0 aliphatic heterocycles. The molecule has 0 saturated carbocycles. The molecule has 0 radical (unpaired) electrons. The Morgan fingerprint density at radius 3 is 1.71 bits per heavy atom. The monoisotopic (exact) mass is 749 g/mol. The topological polar surface area (TPSA) is 131 Å². The molecule has 0 aliphatic carbocycles. The number of phosphoric acid groups is 1. The van der Waals surface area contributed by atoms with Crippen molar-refractivity contribution in [2.75, 3.05) is 19.8 Å². The average Bonchev–Trinajstić information content (AvgIpc) is 3.13. The van der Waals surface area contributed by atoms with Crippen LogP contribution >= 0.6 is 7.82 Å². The Labute approximate surface area is 318 Å². The molecule has 0 fully saturated rings. The van der Waals surface area contributed by atoms with Gasteiger partial charge in [-0.25, -0.2) is 4.57 Å². The van der Waals surface area contributed by atoms with Crippen LogP contribution in [0, 0.1) is 0 Å². The Bertz CT molecular complexity index is 1040. The number of aliphatic hydroxyl groups excluding tert-OH is 1. The number of allylic oxidation sites excluding steroid dienone is 11. The lowest BCUT2D eigenvalue weighted by Crippen LogP contribution is -2.45. The SMILES string of the molecule is CC/C=C\C/C=C\C/C=C\C/C=C\CCCCCCCCCCCCC(=O)NC(COP(=O)(O)OCCN)C(O)/C=C/CC/C=C/CCCCCC. The maximum atomic E-state index is 12.7. The molecular weight excluding hydrogens is 671 g/mol. The van der Waals surface area contributed by atoms with Crippen molar-refractivity contribution in [3.8, 4) is 0 Å². The fraction of sp³-hybridized carbons (Fsp3) is 0.698. The second-order valence-electron chi connectivity index (χ2n) is 13.5. The molecule has 8 nitrogen and oxygen atoms in total. The van der Waals surface area contributed by atoms with Crippen molar-refractivity contribution in [1.29, 1.82) is 0 Å². The lowest BCUT2D eigenvalue weighted by molar-refractivity contribution is -0.123. The molecule has 3 unspecified atom stereocenters. The van der Waals surface area contributed by atoms with Gasteiger partial charge in [-0.15, -0.1) is 0 Å². The minimum absolute atomic E-state index is 0.0698. The first-order valence-electron chi connectivity index (χ1n) is 20.6. The Hall–Kier alpha value is -2.06. The maximum Gasteiger partial charge on any atom is 0.472 e. The number of rotatable bonds is 37. The summed E-state index contributed by atoms with van der Waals surface area (Å²) >= 11 is 0. The fourth-order valence-electron chi connectivity index (χ4n) is 5.43. The molecule has 52 heavy (non-hydrogen) atoms. The van der Waals surface area contributed by atoms with E-state index < -0.39 is 20.0 Å². The van der Waals surface area contributed by atoms with E-state index in [9.17, 15) is 19.4 Å². The summed E-state index contributed by atoms with van der Waals surface area (Å²) < 4.78 is 22.0. The minimum atomic E-state index is -4.34. The molecule has 0 aromatic carbocycles. The number of unbranched alkanes of at least 4 members (excludes halogenated alkanes) is 15. The maximum absolute atomic E-state index is 12.7. The third kappa shape index (κ3) is 36.3. The van der Waals surface area contributed by atoms with Gasteiger partial charge in [0.1, 0.15) is 0 Å². The number of nitrogens with one attached hydrogen (secondary N) is 1. The number of amides is 1. The van der Waals surface area contributed by atoms with Crippen LogP contribution in [0.4, 0.5) is 0 Å². The Balaban J connectivity index is 4.16. The van der Waals surface area contributed by atoms with Crippen LogP contribution in [0.5, 0.6) is 0 Å². The zero-order valence-corrected chi connectivity index (χ0v) is 33.9. The third-order valence-electron chi connectivity index (χ3n) is 8.52. The van der Waals surface area contributed by atoms with Gasteiger partial charge in [0.15, 0.2) is 0 Å². The number of carbonyl (C=O) groups excluding carboxylic acids is 1. The summed E-state index contributed by atoms with van der Waals surface area (Å²) in [6.07, 6.45) is 49.6. The van der Waals surface area contributed by atoms with E-state index in [-0.39, 0.29) is 25.7 Å². The highest BCUT2D eigenvalue weighted by molar-refractivity contribution is 7.47. The van der Waals surface area contributed by atoms with Crippen molar-refractivity contribution in [2.24, 2.45) is 5.73 Å². The predicted octanol–water partition coefficient (Wildman–Crippen LogP) is 11.3. The van der Waals surface area contributed by atoms with Crippen molar-refractivity contribution in [3.05, 3.63) is 72.9 Å². The van der Waals surface area contributed by atoms with Crippen LogP contribution in [0.15, 0.2) is 72.9 Å². The molecular formula is C43H77N2O6P. The molecule has 0 bridgehead atoms. The Morgan fingerprint density at radius 2 is 1.13 bits per heavy atom. The van der Waals surface area contributed by atoms with E-state index in [0.717, 1.165) is 70.6 Å². The van der Waals surface area contributed by atoms with E-state index in [4.69, 9.17) is 14.8 Å². The minimum Gasteiger partial charge on any atom is -0.387 e. The van der Waals surface area contributed by atoms with Crippen LogP contribution in [-0.4, -0.2) is 47.8 Å². The number of carbonyl (C=O) groups is 1. The quantitative estimate of drug-likeness (QED) is 0.0282. The standard InChI is InChI=1S/C43H77N2O6P/c1-3-5-7-9-11-13-15-16-17-18-19-20-21-22-23-24-25-26-27-29-31-33-35-37-43(47)45-41(40-51-52(48,49)50-39-38-44)42(46)36-34-32-30-28-14-12-10-8-6-4-2/h5,7,11,13-14,16-17,19-20,28,34,36,41-42,46H,3-4,6,8-10,12,15,18,21-27,29-33,35,37-40,44H2,1-2H3,(H,45,47)(H,48,49)/b7-5-,13-11-,17-16-,20-19-,28-14+,36-34+. The van der Waals surface area contributed by atoms with Crippen molar-refractivity contribution in [1.82, 2.24) is 5.32 Å². The summed E-state index contributed by atoms with van der Waals surface area (Å²) in [6, 6.07) is -0.881. The molecule has 3 atom stereocenters. The van der Waals surface area contributed by atoms with E-state index in [1.54, 1.807) is 6.08 Å². The van der Waals surface area contributed by atoms with Crippen LogP contribution in [0.25, 0.3) is 0 Å². The van der Waals surface area contributed by atoms with Gasteiger partial charge in [0.05, 0.1) is 25.4 Å². The van der Waals surface area contributed by atoms with Crippen LogP contribution in [-0.2, 0) is 18.4 Å². The summed E-state index contributed by atoms with van der Waals surface area (Å²) in [6.45, 7) is 3.94. The number of hydrogen-bond acceptors (Lipinski definition) is 6. The zero-order valence-electron chi connectivity index (χ0n) is 33.0. The molecule has 0 aliphatic rings.